The van der Waals surface area contributed by atoms with Crippen molar-refractivity contribution in [3.05, 3.63) is 72.1 Å². The summed E-state index contributed by atoms with van der Waals surface area (Å²) in [6.07, 6.45) is -0.506. The molecule has 1 saturated heterocycles. The Bertz CT molecular complexity index is 1230. The average molecular weight is 426 g/mol. The van der Waals surface area contributed by atoms with Gasteiger partial charge in [0, 0.05) is 24.8 Å². The van der Waals surface area contributed by atoms with Crippen LogP contribution >= 0.6 is 0 Å². The molecule has 0 saturated carbocycles. The maximum Gasteiger partial charge on any atom is 0.416 e. The summed E-state index contributed by atoms with van der Waals surface area (Å²) in [7, 11) is 0. The third kappa shape index (κ3) is 3.45. The number of carbonyl (C=O) groups is 1. The van der Waals surface area contributed by atoms with E-state index in [1.807, 2.05) is 16.7 Å². The van der Waals surface area contributed by atoms with E-state index >= 15 is 0 Å². The van der Waals surface area contributed by atoms with E-state index in [2.05, 4.69) is 9.97 Å². The van der Waals surface area contributed by atoms with E-state index in [1.54, 1.807) is 29.5 Å². The second-order valence-corrected chi connectivity index (χ2v) is 7.40. The fourth-order valence-electron chi connectivity index (χ4n) is 3.98. The van der Waals surface area contributed by atoms with Crippen LogP contribution in [0, 0.1) is 0 Å². The van der Waals surface area contributed by atoms with Crippen LogP contribution in [0.1, 0.15) is 28.4 Å². The van der Waals surface area contributed by atoms with Crippen molar-refractivity contribution < 1.29 is 22.4 Å². The summed E-state index contributed by atoms with van der Waals surface area (Å²) in [5, 5.41) is 0. The minimum atomic E-state index is -4.43. The van der Waals surface area contributed by atoms with Gasteiger partial charge in [-0.05, 0) is 55.0 Å². The number of rotatable bonds is 3. The van der Waals surface area contributed by atoms with Crippen molar-refractivity contribution in [2.24, 2.45) is 0 Å². The summed E-state index contributed by atoms with van der Waals surface area (Å²) in [4.78, 5) is 23.7. The van der Waals surface area contributed by atoms with Crippen LogP contribution < -0.4 is 0 Å². The molecule has 1 atom stereocenters. The van der Waals surface area contributed by atoms with Crippen molar-refractivity contribution in [2.45, 2.75) is 18.6 Å². The largest absolute Gasteiger partial charge is 0.461 e. The zero-order chi connectivity index (χ0) is 21.6. The Morgan fingerprint density at radius 3 is 2.61 bits per heavy atom. The molecular formula is C22H17F3N4O2. The minimum absolute atomic E-state index is 0.0848. The number of alkyl halides is 3. The molecule has 4 aromatic rings. The topological polar surface area (TPSA) is 64.2 Å². The molecule has 1 aromatic carbocycles. The van der Waals surface area contributed by atoms with Crippen molar-refractivity contribution in [3.8, 4) is 11.6 Å². The summed E-state index contributed by atoms with van der Waals surface area (Å²) in [5.41, 5.74) is 0.875. The normalized spacial score (nSPS) is 16.9. The molecule has 1 aliphatic rings. The first-order valence-electron chi connectivity index (χ1n) is 9.75. The SMILES string of the molecule is O=C(c1ccc(C(F)(F)F)cc1)N1CC[C@@H](n2c(-c3ccco3)nc3cccnc32)C1. The van der Waals surface area contributed by atoms with Gasteiger partial charge >= 0.3 is 6.18 Å². The van der Waals surface area contributed by atoms with Gasteiger partial charge in [0.25, 0.3) is 5.91 Å². The highest BCUT2D eigenvalue weighted by Crippen LogP contribution is 2.33. The summed E-state index contributed by atoms with van der Waals surface area (Å²) in [6.45, 7) is 0.879. The second-order valence-electron chi connectivity index (χ2n) is 7.40. The second kappa shape index (κ2) is 7.26. The minimum Gasteiger partial charge on any atom is -0.461 e. The predicted octanol–water partition coefficient (Wildman–Crippen LogP) is 4.80. The third-order valence-electron chi connectivity index (χ3n) is 5.47. The first kappa shape index (κ1) is 19.3. The lowest BCUT2D eigenvalue weighted by Crippen LogP contribution is -2.29. The Labute approximate surface area is 174 Å². The summed E-state index contributed by atoms with van der Waals surface area (Å²) in [6, 6.07) is 11.5. The van der Waals surface area contributed by atoms with Gasteiger partial charge in [0.1, 0.15) is 5.52 Å². The monoisotopic (exact) mass is 426 g/mol. The standard InChI is InChI=1S/C22H17F3N4O2/c23-22(24,25)15-7-5-14(6-8-15)21(30)28-11-9-16(13-28)29-19-17(3-1-10-26-19)27-20(29)18-4-2-12-31-18/h1-8,10,12,16H,9,11,13H2/t16-/m1/s1. The van der Waals surface area contributed by atoms with Gasteiger partial charge in [0.15, 0.2) is 17.2 Å². The molecule has 1 amide bonds. The van der Waals surface area contributed by atoms with E-state index in [9.17, 15) is 18.0 Å². The van der Waals surface area contributed by atoms with E-state index in [-0.39, 0.29) is 17.5 Å². The number of imidazole rings is 1. The van der Waals surface area contributed by atoms with Gasteiger partial charge in [-0.25, -0.2) is 9.97 Å². The van der Waals surface area contributed by atoms with Crippen LogP contribution in [0.25, 0.3) is 22.7 Å². The van der Waals surface area contributed by atoms with Crippen LogP contribution in [-0.4, -0.2) is 38.4 Å². The highest BCUT2D eigenvalue weighted by atomic mass is 19.4. The molecule has 4 heterocycles. The number of pyridine rings is 1. The lowest BCUT2D eigenvalue weighted by molar-refractivity contribution is -0.137. The Morgan fingerprint density at radius 2 is 1.90 bits per heavy atom. The zero-order valence-corrected chi connectivity index (χ0v) is 16.2. The molecule has 0 N–H and O–H groups in total. The van der Waals surface area contributed by atoms with E-state index < -0.39 is 11.7 Å². The lowest BCUT2D eigenvalue weighted by Gasteiger charge is -2.19. The Kier molecular flexibility index (Phi) is 4.53. The number of aromatic nitrogens is 3. The van der Waals surface area contributed by atoms with Crippen LogP contribution in [0.3, 0.4) is 0 Å². The first-order valence-corrected chi connectivity index (χ1v) is 9.75. The highest BCUT2D eigenvalue weighted by molar-refractivity contribution is 5.94. The molecule has 0 unspecified atom stereocenters. The van der Waals surface area contributed by atoms with Gasteiger partial charge in [-0.1, -0.05) is 0 Å². The summed E-state index contributed by atoms with van der Waals surface area (Å²) >= 11 is 0. The first-order chi connectivity index (χ1) is 14.9. The summed E-state index contributed by atoms with van der Waals surface area (Å²) in [5.74, 6) is 0.936. The van der Waals surface area contributed by atoms with E-state index in [4.69, 9.17) is 4.42 Å². The number of hydrogen-bond acceptors (Lipinski definition) is 4. The van der Waals surface area contributed by atoms with Crippen molar-refractivity contribution >= 4 is 17.1 Å². The number of fused-ring (bicyclic) bond motifs is 1. The van der Waals surface area contributed by atoms with Gasteiger partial charge < -0.3 is 13.9 Å². The molecule has 0 radical (unpaired) electrons. The quantitative estimate of drug-likeness (QED) is 0.472. The maximum atomic E-state index is 12.9. The molecule has 0 aliphatic carbocycles. The lowest BCUT2D eigenvalue weighted by atomic mass is 10.1. The fraction of sp³-hybridized carbons (Fsp3) is 0.227. The fourth-order valence-corrected chi connectivity index (χ4v) is 3.98. The molecule has 1 aliphatic heterocycles. The van der Waals surface area contributed by atoms with Gasteiger partial charge in [-0.2, -0.15) is 13.2 Å². The number of nitrogens with zero attached hydrogens (tertiary/aromatic N) is 4. The molecular weight excluding hydrogens is 409 g/mol. The molecule has 0 bridgehead atoms. The van der Waals surface area contributed by atoms with E-state index in [0.717, 1.165) is 17.6 Å². The van der Waals surface area contributed by atoms with Gasteiger partial charge in [0.2, 0.25) is 0 Å². The highest BCUT2D eigenvalue weighted by Gasteiger charge is 2.33. The van der Waals surface area contributed by atoms with Crippen LogP contribution in [0.5, 0.6) is 0 Å². The zero-order valence-electron chi connectivity index (χ0n) is 16.2. The molecule has 158 valence electrons. The maximum absolute atomic E-state index is 12.9. The van der Waals surface area contributed by atoms with Crippen molar-refractivity contribution in [1.29, 1.82) is 0 Å². The molecule has 6 nitrogen and oxygen atoms in total. The number of halogens is 3. The number of likely N-dealkylation sites (tertiary alicyclic amines) is 1. The van der Waals surface area contributed by atoms with Crippen LogP contribution in [-0.2, 0) is 6.18 Å². The summed E-state index contributed by atoms with van der Waals surface area (Å²) < 4.78 is 45.9. The van der Waals surface area contributed by atoms with Crippen molar-refractivity contribution in [2.75, 3.05) is 13.1 Å². The smallest absolute Gasteiger partial charge is 0.416 e. The molecule has 3 aromatic heterocycles. The van der Waals surface area contributed by atoms with Gasteiger partial charge in [0.05, 0.1) is 17.9 Å². The molecule has 1 fully saturated rings. The van der Waals surface area contributed by atoms with Crippen molar-refractivity contribution in [1.82, 2.24) is 19.4 Å². The third-order valence-corrected chi connectivity index (χ3v) is 5.47. The molecule has 0 spiro atoms. The number of benzene rings is 1. The number of hydrogen-bond donors (Lipinski definition) is 0. The van der Waals surface area contributed by atoms with Crippen molar-refractivity contribution in [3.63, 3.8) is 0 Å². The Hall–Kier alpha value is -3.62. The predicted molar refractivity (Wildman–Crippen MR) is 106 cm³/mol. The average Bonchev–Trinajstić information content (AvgIpc) is 3.51. The van der Waals surface area contributed by atoms with Crippen LogP contribution in [0.2, 0.25) is 0 Å². The van der Waals surface area contributed by atoms with Gasteiger partial charge in [-0.3, -0.25) is 4.79 Å². The molecule has 5 rings (SSSR count). The molecule has 31 heavy (non-hydrogen) atoms. The van der Waals surface area contributed by atoms with E-state index in [0.29, 0.717) is 36.7 Å². The number of carbonyl (C=O) groups excluding carboxylic acids is 1. The number of furan rings is 1. The van der Waals surface area contributed by atoms with E-state index in [1.165, 1.54) is 12.1 Å². The number of amides is 1. The van der Waals surface area contributed by atoms with Crippen LogP contribution in [0.4, 0.5) is 13.2 Å². The molecule has 9 heteroatoms. The van der Waals surface area contributed by atoms with Gasteiger partial charge in [-0.15, -0.1) is 0 Å². The Morgan fingerprint density at radius 1 is 1.10 bits per heavy atom. The Balaban J connectivity index is 1.43. The van der Waals surface area contributed by atoms with Crippen LogP contribution in [0.15, 0.2) is 65.4 Å².